The summed E-state index contributed by atoms with van der Waals surface area (Å²) < 4.78 is 20.3. The molecule has 4 aromatic rings. The first-order valence-electron chi connectivity index (χ1n) is 10.8. The number of halogens is 1. The minimum absolute atomic E-state index is 0.118. The number of nitrogens with zero attached hydrogens (tertiary/aromatic N) is 1. The molecule has 1 fully saturated rings. The molecule has 2 aromatic carbocycles. The number of fused-ring (bicyclic) bond motifs is 1. The molecular weight excluding hydrogens is 405 g/mol. The van der Waals surface area contributed by atoms with Gasteiger partial charge in [-0.15, -0.1) is 0 Å². The van der Waals surface area contributed by atoms with E-state index in [1.165, 1.54) is 5.56 Å². The van der Waals surface area contributed by atoms with Crippen LogP contribution in [0.3, 0.4) is 0 Å². The highest BCUT2D eigenvalue weighted by atomic mass is 19.1. The normalized spacial score (nSPS) is 14.7. The molecule has 2 aromatic heterocycles. The predicted octanol–water partition coefficient (Wildman–Crippen LogP) is 5.18. The highest BCUT2D eigenvalue weighted by molar-refractivity contribution is 5.91. The average Bonchev–Trinajstić information content (AvgIpc) is 2.82. The average molecular weight is 429 g/mol. The van der Waals surface area contributed by atoms with Crippen molar-refractivity contribution in [2.45, 2.75) is 25.7 Å². The molecule has 162 valence electrons. The molecule has 0 radical (unpaired) electrons. The Morgan fingerprint density at radius 3 is 2.47 bits per heavy atom. The van der Waals surface area contributed by atoms with Gasteiger partial charge in [0, 0.05) is 35.9 Å². The number of aromatic nitrogens is 2. The van der Waals surface area contributed by atoms with Gasteiger partial charge in [0.1, 0.15) is 5.82 Å². The Balaban J connectivity index is 1.56. The van der Waals surface area contributed by atoms with E-state index in [4.69, 9.17) is 10.5 Å². The highest BCUT2D eigenvalue weighted by Crippen LogP contribution is 2.34. The Hall–Kier alpha value is -3.51. The molecule has 32 heavy (non-hydrogen) atoms. The molecule has 0 spiro atoms. The molecular formula is C26H24FN3O2. The molecule has 6 heteroatoms. The highest BCUT2D eigenvalue weighted by Gasteiger charge is 2.17. The van der Waals surface area contributed by atoms with Crippen LogP contribution in [0.15, 0.2) is 59.5 Å². The van der Waals surface area contributed by atoms with Gasteiger partial charge in [-0.3, -0.25) is 4.79 Å². The van der Waals surface area contributed by atoms with Crippen molar-refractivity contribution in [2.75, 3.05) is 18.9 Å². The van der Waals surface area contributed by atoms with E-state index in [9.17, 15) is 9.18 Å². The molecule has 3 N–H and O–H groups in total. The van der Waals surface area contributed by atoms with Crippen LogP contribution < -0.4 is 11.3 Å². The third-order valence-electron chi connectivity index (χ3n) is 6.34. The Kier molecular flexibility index (Phi) is 5.23. The number of aryl methyl sites for hydroxylation is 1. The summed E-state index contributed by atoms with van der Waals surface area (Å²) in [5.74, 6) is -0.00265. The van der Waals surface area contributed by atoms with Crippen molar-refractivity contribution in [1.29, 1.82) is 0 Å². The molecule has 5 rings (SSSR count). The van der Waals surface area contributed by atoms with E-state index in [0.29, 0.717) is 22.4 Å². The largest absolute Gasteiger partial charge is 0.383 e. The van der Waals surface area contributed by atoms with Crippen molar-refractivity contribution in [3.05, 3.63) is 82.2 Å². The van der Waals surface area contributed by atoms with Crippen LogP contribution in [0.1, 0.15) is 29.9 Å². The molecule has 0 atom stereocenters. The number of benzene rings is 2. The molecule has 0 amide bonds. The molecule has 0 bridgehead atoms. The maximum atomic E-state index is 14.8. The second kappa shape index (κ2) is 8.20. The van der Waals surface area contributed by atoms with Crippen LogP contribution >= 0.6 is 0 Å². The topological polar surface area (TPSA) is 81.0 Å². The van der Waals surface area contributed by atoms with Gasteiger partial charge in [-0.1, -0.05) is 30.3 Å². The molecule has 5 nitrogen and oxygen atoms in total. The zero-order valence-corrected chi connectivity index (χ0v) is 17.8. The third kappa shape index (κ3) is 3.67. The van der Waals surface area contributed by atoms with Gasteiger partial charge >= 0.3 is 0 Å². The molecule has 0 saturated carbocycles. The summed E-state index contributed by atoms with van der Waals surface area (Å²) in [5.41, 5.74) is 10.7. The Morgan fingerprint density at radius 2 is 1.72 bits per heavy atom. The number of anilines is 1. The number of ether oxygens (including phenoxy) is 1. The van der Waals surface area contributed by atoms with Gasteiger partial charge in [-0.2, -0.15) is 4.39 Å². The van der Waals surface area contributed by atoms with E-state index in [2.05, 4.69) is 22.1 Å². The van der Waals surface area contributed by atoms with E-state index < -0.39 is 5.95 Å². The summed E-state index contributed by atoms with van der Waals surface area (Å²) in [6.45, 7) is 3.49. The zero-order chi connectivity index (χ0) is 22.2. The third-order valence-corrected chi connectivity index (χ3v) is 6.34. The number of nitrogen functional groups attached to an aromatic ring is 1. The Labute approximate surface area is 185 Å². The van der Waals surface area contributed by atoms with E-state index in [-0.39, 0.29) is 11.4 Å². The second-order valence-electron chi connectivity index (χ2n) is 8.33. The molecule has 3 heterocycles. The van der Waals surface area contributed by atoms with E-state index in [1.54, 1.807) is 18.3 Å². The lowest BCUT2D eigenvalue weighted by Crippen LogP contribution is -2.13. The van der Waals surface area contributed by atoms with Gasteiger partial charge in [0.25, 0.3) is 5.56 Å². The first-order chi connectivity index (χ1) is 15.5. The van der Waals surface area contributed by atoms with Crippen molar-refractivity contribution in [2.24, 2.45) is 0 Å². The summed E-state index contributed by atoms with van der Waals surface area (Å²) in [5, 5.41) is 1.43. The van der Waals surface area contributed by atoms with Crippen molar-refractivity contribution < 1.29 is 9.13 Å². The molecule has 1 saturated heterocycles. The molecule has 0 aliphatic carbocycles. The maximum Gasteiger partial charge on any atom is 0.255 e. The number of hydrogen-bond acceptors (Lipinski definition) is 4. The number of aromatic amines is 1. The molecule has 0 unspecified atom stereocenters. The lowest BCUT2D eigenvalue weighted by molar-refractivity contribution is 0.0853. The first kappa shape index (κ1) is 20.4. The molecule has 1 aliphatic rings. The van der Waals surface area contributed by atoms with E-state index >= 15 is 0 Å². The van der Waals surface area contributed by atoms with E-state index in [0.717, 1.165) is 48.1 Å². The minimum Gasteiger partial charge on any atom is -0.383 e. The SMILES string of the molecule is Cc1c[nH]c(=O)c2ccc(-c3cc(-c4ccc(C5CCOCC5)cc4)c(F)nc3N)cc12. The fourth-order valence-corrected chi connectivity index (χ4v) is 4.47. The number of hydrogen-bond donors (Lipinski definition) is 2. The van der Waals surface area contributed by atoms with E-state index in [1.807, 2.05) is 31.2 Å². The summed E-state index contributed by atoms with van der Waals surface area (Å²) in [4.78, 5) is 18.8. The lowest BCUT2D eigenvalue weighted by atomic mass is 9.90. The number of rotatable bonds is 3. The van der Waals surface area contributed by atoms with Gasteiger partial charge in [0.05, 0.1) is 0 Å². The van der Waals surface area contributed by atoms with Crippen molar-refractivity contribution in [1.82, 2.24) is 9.97 Å². The molecule has 1 aliphatic heterocycles. The standard InChI is InChI=1S/C26H24FN3O2/c1-15-14-29-26(31)20-7-6-19(12-21(15)20)23-13-22(24(27)30-25(23)28)18-4-2-16(3-5-18)17-8-10-32-11-9-17/h2-7,12-14,17H,8-11H2,1H3,(H2,28,30)(H,29,31). The van der Waals surface area contributed by atoms with Crippen molar-refractivity contribution in [3.8, 4) is 22.3 Å². The van der Waals surface area contributed by atoms with Gasteiger partial charge in [-0.25, -0.2) is 4.98 Å². The minimum atomic E-state index is -0.599. The van der Waals surface area contributed by atoms with Crippen LogP contribution in [-0.2, 0) is 4.74 Å². The summed E-state index contributed by atoms with van der Waals surface area (Å²) in [7, 11) is 0. The Morgan fingerprint density at radius 1 is 1.00 bits per heavy atom. The van der Waals surface area contributed by atoms with Gasteiger partial charge in [0.15, 0.2) is 0 Å². The van der Waals surface area contributed by atoms with Crippen molar-refractivity contribution in [3.63, 3.8) is 0 Å². The van der Waals surface area contributed by atoms with Crippen LogP contribution in [0, 0.1) is 12.9 Å². The lowest BCUT2D eigenvalue weighted by Gasteiger charge is -2.22. The number of nitrogens with one attached hydrogen (secondary N) is 1. The predicted molar refractivity (Wildman–Crippen MR) is 125 cm³/mol. The number of H-pyrrole nitrogens is 1. The maximum absolute atomic E-state index is 14.8. The second-order valence-corrected chi connectivity index (χ2v) is 8.33. The summed E-state index contributed by atoms with van der Waals surface area (Å²) in [6.07, 6.45) is 3.70. The van der Waals surface area contributed by atoms with Gasteiger partial charge in [0.2, 0.25) is 5.95 Å². The first-order valence-corrected chi connectivity index (χ1v) is 10.8. The fraction of sp³-hybridized carbons (Fsp3) is 0.231. The van der Waals surface area contributed by atoms with Crippen LogP contribution in [0.5, 0.6) is 0 Å². The number of pyridine rings is 2. The quantitative estimate of drug-likeness (QED) is 0.440. The summed E-state index contributed by atoms with van der Waals surface area (Å²) >= 11 is 0. The fourth-order valence-electron chi connectivity index (χ4n) is 4.47. The van der Waals surface area contributed by atoms with Gasteiger partial charge in [-0.05, 0) is 71.5 Å². The van der Waals surface area contributed by atoms with Crippen LogP contribution in [0.25, 0.3) is 33.0 Å². The van der Waals surface area contributed by atoms with Crippen molar-refractivity contribution >= 4 is 16.6 Å². The summed E-state index contributed by atoms with van der Waals surface area (Å²) in [6, 6.07) is 15.2. The zero-order valence-electron chi connectivity index (χ0n) is 17.8. The smallest absolute Gasteiger partial charge is 0.255 e. The number of nitrogens with two attached hydrogens (primary N) is 1. The van der Waals surface area contributed by atoms with Crippen LogP contribution in [0.2, 0.25) is 0 Å². The monoisotopic (exact) mass is 429 g/mol. The van der Waals surface area contributed by atoms with Gasteiger partial charge < -0.3 is 15.5 Å². The van der Waals surface area contributed by atoms with Crippen LogP contribution in [-0.4, -0.2) is 23.2 Å². The Bertz CT molecular complexity index is 1360. The van der Waals surface area contributed by atoms with Crippen LogP contribution in [0.4, 0.5) is 10.2 Å².